The second-order valence-electron chi connectivity index (χ2n) is 3.59. The van der Waals surface area contributed by atoms with Gasteiger partial charge in [-0.15, -0.1) is 6.58 Å². The standard InChI is InChI=1S/C10H18N2OS/c1-3-4-9(11)10(13)12-5-6-14-7-8(12)2/h3,8-9H,1,4-7,11H2,2H3. The Labute approximate surface area is 89.7 Å². The SMILES string of the molecule is C=CCC(N)C(=O)N1CCSCC1C. The van der Waals surface area contributed by atoms with Gasteiger partial charge in [0.15, 0.2) is 0 Å². The van der Waals surface area contributed by atoms with Crippen LogP contribution < -0.4 is 5.73 Å². The summed E-state index contributed by atoms with van der Waals surface area (Å²) in [4.78, 5) is 13.7. The molecule has 2 N–H and O–H groups in total. The molecule has 0 bridgehead atoms. The van der Waals surface area contributed by atoms with E-state index in [9.17, 15) is 4.79 Å². The molecule has 2 atom stereocenters. The normalized spacial score (nSPS) is 24.4. The fraction of sp³-hybridized carbons (Fsp3) is 0.700. The summed E-state index contributed by atoms with van der Waals surface area (Å²) < 4.78 is 0. The van der Waals surface area contributed by atoms with Crippen LogP contribution in [0.2, 0.25) is 0 Å². The molecule has 1 saturated heterocycles. The summed E-state index contributed by atoms with van der Waals surface area (Å²) in [6.07, 6.45) is 2.27. The second-order valence-corrected chi connectivity index (χ2v) is 4.74. The molecule has 0 radical (unpaired) electrons. The van der Waals surface area contributed by atoms with Crippen molar-refractivity contribution in [3.8, 4) is 0 Å². The molecule has 0 spiro atoms. The van der Waals surface area contributed by atoms with Gasteiger partial charge in [0.25, 0.3) is 0 Å². The Kier molecular flexibility index (Phi) is 4.48. The first-order chi connectivity index (χ1) is 6.66. The average molecular weight is 214 g/mol. The van der Waals surface area contributed by atoms with E-state index in [2.05, 4.69) is 13.5 Å². The highest BCUT2D eigenvalue weighted by Crippen LogP contribution is 2.16. The molecule has 0 aliphatic carbocycles. The summed E-state index contributed by atoms with van der Waals surface area (Å²) in [5, 5.41) is 0. The van der Waals surface area contributed by atoms with Crippen LogP contribution in [0.4, 0.5) is 0 Å². The minimum absolute atomic E-state index is 0.0673. The van der Waals surface area contributed by atoms with Gasteiger partial charge in [0.05, 0.1) is 6.04 Å². The number of nitrogens with zero attached hydrogens (tertiary/aromatic N) is 1. The Balaban J connectivity index is 2.53. The summed E-state index contributed by atoms with van der Waals surface area (Å²) in [5.74, 6) is 2.11. The third-order valence-electron chi connectivity index (χ3n) is 2.39. The number of nitrogens with two attached hydrogens (primary N) is 1. The lowest BCUT2D eigenvalue weighted by Gasteiger charge is -2.34. The van der Waals surface area contributed by atoms with Crippen molar-refractivity contribution in [3.05, 3.63) is 12.7 Å². The molecule has 0 saturated carbocycles. The quantitative estimate of drug-likeness (QED) is 0.709. The minimum Gasteiger partial charge on any atom is -0.337 e. The number of hydrogen-bond donors (Lipinski definition) is 1. The molecular formula is C10H18N2OS. The lowest BCUT2D eigenvalue weighted by molar-refractivity contribution is -0.134. The van der Waals surface area contributed by atoms with Gasteiger partial charge in [-0.2, -0.15) is 11.8 Å². The molecule has 0 aromatic carbocycles. The Bertz CT molecular complexity index is 220. The van der Waals surface area contributed by atoms with Crippen LogP contribution in [0.25, 0.3) is 0 Å². The van der Waals surface area contributed by atoms with Gasteiger partial charge in [-0.25, -0.2) is 0 Å². The lowest BCUT2D eigenvalue weighted by atomic mass is 10.1. The molecule has 14 heavy (non-hydrogen) atoms. The maximum atomic E-state index is 11.8. The maximum absolute atomic E-state index is 11.8. The van der Waals surface area contributed by atoms with E-state index in [-0.39, 0.29) is 5.91 Å². The molecule has 80 valence electrons. The molecule has 4 heteroatoms. The Hall–Kier alpha value is -0.480. The van der Waals surface area contributed by atoms with Crippen molar-refractivity contribution in [2.75, 3.05) is 18.1 Å². The summed E-state index contributed by atoms with van der Waals surface area (Å²) in [7, 11) is 0. The van der Waals surface area contributed by atoms with Gasteiger partial charge in [-0.05, 0) is 13.3 Å². The third-order valence-corrected chi connectivity index (χ3v) is 3.58. The van der Waals surface area contributed by atoms with Crippen molar-refractivity contribution in [1.82, 2.24) is 4.90 Å². The lowest BCUT2D eigenvalue weighted by Crippen LogP contribution is -2.51. The van der Waals surface area contributed by atoms with E-state index in [1.807, 2.05) is 16.7 Å². The topological polar surface area (TPSA) is 46.3 Å². The van der Waals surface area contributed by atoms with Crippen molar-refractivity contribution >= 4 is 17.7 Å². The fourth-order valence-corrected chi connectivity index (χ4v) is 2.56. The number of hydrogen-bond acceptors (Lipinski definition) is 3. The molecule has 1 amide bonds. The first-order valence-corrected chi connectivity index (χ1v) is 6.07. The smallest absolute Gasteiger partial charge is 0.240 e. The second kappa shape index (κ2) is 5.41. The number of carbonyl (C=O) groups excluding carboxylic acids is 1. The zero-order valence-electron chi connectivity index (χ0n) is 8.61. The van der Waals surface area contributed by atoms with E-state index < -0.39 is 6.04 Å². The highest BCUT2D eigenvalue weighted by Gasteiger charge is 2.26. The fourth-order valence-electron chi connectivity index (χ4n) is 1.55. The van der Waals surface area contributed by atoms with E-state index in [4.69, 9.17) is 5.73 Å². The Morgan fingerprint density at radius 2 is 2.57 bits per heavy atom. The predicted molar refractivity (Wildman–Crippen MR) is 61.3 cm³/mol. The van der Waals surface area contributed by atoms with Crippen LogP contribution in [0.5, 0.6) is 0 Å². The van der Waals surface area contributed by atoms with Crippen LogP contribution in [-0.4, -0.2) is 40.9 Å². The van der Waals surface area contributed by atoms with E-state index in [0.29, 0.717) is 12.5 Å². The molecular weight excluding hydrogens is 196 g/mol. The largest absolute Gasteiger partial charge is 0.337 e. The van der Waals surface area contributed by atoms with Gasteiger partial charge in [0.2, 0.25) is 5.91 Å². The molecule has 1 aliphatic heterocycles. The number of carbonyl (C=O) groups is 1. The summed E-state index contributed by atoms with van der Waals surface area (Å²) in [6.45, 7) is 6.50. The molecule has 1 heterocycles. The number of rotatable bonds is 3. The maximum Gasteiger partial charge on any atom is 0.240 e. The van der Waals surface area contributed by atoms with Gasteiger partial charge in [-0.1, -0.05) is 6.08 Å². The first kappa shape index (κ1) is 11.6. The van der Waals surface area contributed by atoms with Crippen LogP contribution in [0, 0.1) is 0 Å². The number of amides is 1. The van der Waals surface area contributed by atoms with Gasteiger partial charge in [-0.3, -0.25) is 4.79 Å². The van der Waals surface area contributed by atoms with Crippen LogP contribution >= 0.6 is 11.8 Å². The van der Waals surface area contributed by atoms with E-state index in [1.54, 1.807) is 6.08 Å². The molecule has 2 unspecified atom stereocenters. The number of thioether (sulfide) groups is 1. The van der Waals surface area contributed by atoms with Crippen LogP contribution in [0.15, 0.2) is 12.7 Å². The Morgan fingerprint density at radius 3 is 3.14 bits per heavy atom. The van der Waals surface area contributed by atoms with Crippen molar-refractivity contribution < 1.29 is 4.79 Å². The molecule has 0 aromatic rings. The van der Waals surface area contributed by atoms with Gasteiger partial charge in [0, 0.05) is 24.1 Å². The Morgan fingerprint density at radius 1 is 1.86 bits per heavy atom. The molecule has 1 fully saturated rings. The van der Waals surface area contributed by atoms with Gasteiger partial charge >= 0.3 is 0 Å². The first-order valence-electron chi connectivity index (χ1n) is 4.91. The summed E-state index contributed by atoms with van der Waals surface area (Å²) >= 11 is 1.89. The minimum atomic E-state index is -0.405. The van der Waals surface area contributed by atoms with Crippen molar-refractivity contribution in [1.29, 1.82) is 0 Å². The van der Waals surface area contributed by atoms with Crippen LogP contribution in [-0.2, 0) is 4.79 Å². The summed E-state index contributed by atoms with van der Waals surface area (Å²) in [6, 6.07) is -0.0878. The van der Waals surface area contributed by atoms with E-state index in [1.165, 1.54) is 0 Å². The van der Waals surface area contributed by atoms with Crippen LogP contribution in [0.1, 0.15) is 13.3 Å². The molecule has 1 rings (SSSR count). The van der Waals surface area contributed by atoms with Crippen LogP contribution in [0.3, 0.4) is 0 Å². The summed E-state index contributed by atoms with van der Waals surface area (Å²) in [5.41, 5.74) is 5.75. The predicted octanol–water partition coefficient (Wildman–Crippen LogP) is 0.854. The highest BCUT2D eigenvalue weighted by molar-refractivity contribution is 7.99. The van der Waals surface area contributed by atoms with Gasteiger partial charge < -0.3 is 10.6 Å². The monoisotopic (exact) mass is 214 g/mol. The zero-order valence-corrected chi connectivity index (χ0v) is 9.43. The van der Waals surface area contributed by atoms with E-state index >= 15 is 0 Å². The third kappa shape index (κ3) is 2.75. The molecule has 3 nitrogen and oxygen atoms in total. The average Bonchev–Trinajstić information content (AvgIpc) is 2.18. The van der Waals surface area contributed by atoms with Crippen molar-refractivity contribution in [2.45, 2.75) is 25.4 Å². The van der Waals surface area contributed by atoms with E-state index in [0.717, 1.165) is 18.1 Å². The zero-order chi connectivity index (χ0) is 10.6. The molecule has 0 aromatic heterocycles. The molecule has 1 aliphatic rings. The van der Waals surface area contributed by atoms with Crippen molar-refractivity contribution in [3.63, 3.8) is 0 Å². The highest BCUT2D eigenvalue weighted by atomic mass is 32.2. The van der Waals surface area contributed by atoms with Crippen molar-refractivity contribution in [2.24, 2.45) is 5.73 Å². The van der Waals surface area contributed by atoms with Gasteiger partial charge in [0.1, 0.15) is 0 Å².